The van der Waals surface area contributed by atoms with Gasteiger partial charge in [0.1, 0.15) is 5.78 Å². The molecule has 0 saturated heterocycles. The molecule has 1 rings (SSSR count). The molecule has 4 heteroatoms. The van der Waals surface area contributed by atoms with Gasteiger partial charge in [-0.25, -0.2) is 0 Å². The lowest BCUT2D eigenvalue weighted by molar-refractivity contribution is -0.136. The Morgan fingerprint density at radius 3 is 2.58 bits per heavy atom. The van der Waals surface area contributed by atoms with Gasteiger partial charge in [0.15, 0.2) is 23.0 Å². The van der Waals surface area contributed by atoms with Crippen LogP contribution in [0.4, 0.5) is 0 Å². The molecule has 0 amide bonds. The number of halogens is 1. The van der Waals surface area contributed by atoms with Crippen LogP contribution in [0.2, 0.25) is 0 Å². The van der Waals surface area contributed by atoms with E-state index in [0.29, 0.717) is 0 Å². The second kappa shape index (κ2) is 8.72. The molecule has 108 valence electrons. The van der Waals surface area contributed by atoms with Crippen LogP contribution in [0.1, 0.15) is 58.8 Å². The first kappa shape index (κ1) is 16.7. The molecule has 1 atom stereocenters. The lowest BCUT2D eigenvalue weighted by Crippen LogP contribution is -2.25. The fourth-order valence-corrected chi connectivity index (χ4v) is 2.73. The number of carbonyl (C=O) groups is 2. The topological polar surface area (TPSA) is 43.4 Å². The van der Waals surface area contributed by atoms with Crippen molar-refractivity contribution >= 4 is 34.8 Å². The molecule has 0 aliphatic heterocycles. The number of carbonyl (C=O) groups excluding carboxylic acids is 2. The van der Waals surface area contributed by atoms with Crippen LogP contribution in [-0.2, 0) is 12.7 Å². The van der Waals surface area contributed by atoms with E-state index in [1.807, 2.05) is 13.8 Å². The Morgan fingerprint density at radius 2 is 1.95 bits per heavy atom. The van der Waals surface area contributed by atoms with E-state index in [1.165, 1.54) is 19.3 Å². The summed E-state index contributed by atoms with van der Waals surface area (Å²) in [4.78, 5) is 23.9. The monoisotopic (exact) mass is 378 g/mol. The van der Waals surface area contributed by atoms with Crippen LogP contribution >= 0.6 is 23.0 Å². The molecule has 0 saturated carbocycles. The van der Waals surface area contributed by atoms with Crippen LogP contribution in [0, 0.1) is 11.8 Å². The zero-order chi connectivity index (χ0) is 14.3. The Labute approximate surface area is 129 Å². The van der Waals surface area contributed by atoms with E-state index in [9.17, 15) is 9.59 Å². The molecule has 0 spiro atoms. The van der Waals surface area contributed by atoms with Crippen molar-refractivity contribution in [1.82, 2.24) is 0 Å². The van der Waals surface area contributed by atoms with Crippen molar-refractivity contribution < 1.29 is 12.7 Å². The quantitative estimate of drug-likeness (QED) is 0.526. The van der Waals surface area contributed by atoms with Crippen LogP contribution in [0.15, 0.2) is 11.6 Å². The first-order valence-corrected chi connectivity index (χ1v) is 7.98. The number of allylic oxidation sites excluding steroid dienone is 2. The molecule has 0 N–H and O–H groups in total. The van der Waals surface area contributed by atoms with Crippen LogP contribution in [-0.4, -0.2) is 11.8 Å². The van der Waals surface area contributed by atoms with Gasteiger partial charge in [0.25, 0.3) is 0 Å². The molecule has 0 fully saturated rings. The third-order valence-corrected chi connectivity index (χ3v) is 4.13. The van der Waals surface area contributed by atoms with Crippen molar-refractivity contribution in [3.8, 4) is 0 Å². The van der Waals surface area contributed by atoms with Crippen LogP contribution < -0.4 is 0 Å². The number of hydrogen-bond donors (Lipinski definition) is 0. The van der Waals surface area contributed by atoms with Gasteiger partial charge in [-0.2, -0.15) is 0 Å². The van der Waals surface area contributed by atoms with Gasteiger partial charge in [-0.05, 0) is 25.7 Å². The summed E-state index contributed by atoms with van der Waals surface area (Å²) in [5.74, 6) is -0.463. The second-order valence-electron chi connectivity index (χ2n) is 5.49. The summed E-state index contributed by atoms with van der Waals surface area (Å²) >= 11 is 1.59. The van der Waals surface area contributed by atoms with E-state index in [0.717, 1.165) is 24.8 Å². The van der Waals surface area contributed by atoms with E-state index in [2.05, 4.69) is 6.08 Å². The van der Waals surface area contributed by atoms with Crippen molar-refractivity contribution in [2.24, 2.45) is 11.8 Å². The van der Waals surface area contributed by atoms with E-state index in [-0.39, 0.29) is 30.0 Å². The predicted octanol–water partition coefficient (Wildman–Crippen LogP) is 4.39. The van der Waals surface area contributed by atoms with Crippen LogP contribution in [0.25, 0.3) is 0 Å². The number of Topliss-reactive ketones (excluding diaryl/α,β-unsaturated/α-hetero) is 1. The van der Waals surface area contributed by atoms with Crippen LogP contribution in [0.3, 0.4) is 0 Å². The second-order valence-corrected chi connectivity index (χ2v) is 5.94. The van der Waals surface area contributed by atoms with Crippen molar-refractivity contribution in [2.75, 3.05) is 0 Å². The molecule has 0 aromatic rings. The minimum Gasteiger partial charge on any atom is -0.394 e. The molecule has 0 bridgehead atoms. The summed E-state index contributed by atoms with van der Waals surface area (Å²) < 4.78 is 4.71. The summed E-state index contributed by atoms with van der Waals surface area (Å²) in [6.07, 6.45) is 9.12. The van der Waals surface area contributed by atoms with E-state index in [4.69, 9.17) is 3.07 Å². The van der Waals surface area contributed by atoms with Crippen molar-refractivity contribution in [3.05, 3.63) is 11.6 Å². The third kappa shape index (κ3) is 5.63. The molecule has 19 heavy (non-hydrogen) atoms. The zero-order valence-electron chi connectivity index (χ0n) is 11.8. The molecule has 1 unspecified atom stereocenters. The number of ketones is 1. The van der Waals surface area contributed by atoms with Gasteiger partial charge in [0.05, 0.1) is 6.42 Å². The summed E-state index contributed by atoms with van der Waals surface area (Å²) in [6, 6.07) is 0. The molecule has 0 aromatic carbocycles. The van der Waals surface area contributed by atoms with Gasteiger partial charge >= 0.3 is 5.97 Å². The van der Waals surface area contributed by atoms with Crippen molar-refractivity contribution in [1.29, 1.82) is 0 Å². The van der Waals surface area contributed by atoms with Gasteiger partial charge in [0, 0.05) is 11.8 Å². The average Bonchev–Trinajstić information content (AvgIpc) is 2.35. The zero-order valence-corrected chi connectivity index (χ0v) is 13.9. The summed E-state index contributed by atoms with van der Waals surface area (Å²) in [5.41, 5.74) is 1.15. The van der Waals surface area contributed by atoms with Crippen LogP contribution in [0.5, 0.6) is 0 Å². The number of hydrogen-bond acceptors (Lipinski definition) is 3. The Kier molecular flexibility index (Phi) is 7.64. The highest BCUT2D eigenvalue weighted by molar-refractivity contribution is 14.1. The minimum atomic E-state index is -0.303. The van der Waals surface area contributed by atoms with Crippen molar-refractivity contribution in [3.63, 3.8) is 0 Å². The molecular weight excluding hydrogens is 355 g/mol. The fraction of sp³-hybridized carbons (Fsp3) is 0.733. The van der Waals surface area contributed by atoms with Gasteiger partial charge in [-0.3, -0.25) is 9.59 Å². The largest absolute Gasteiger partial charge is 0.394 e. The highest BCUT2D eigenvalue weighted by Crippen LogP contribution is 2.28. The maximum absolute atomic E-state index is 12.3. The highest BCUT2D eigenvalue weighted by atomic mass is 127. The first-order valence-electron chi connectivity index (χ1n) is 7.10. The highest BCUT2D eigenvalue weighted by Gasteiger charge is 2.28. The Bertz CT molecular complexity index is 347. The standard InChI is InChI=1S/C15H23IO3/c1-11(2)15(18)13(10-14(17)19-16)12-8-6-4-3-5-7-9-12/h8,11,13H,3-7,9-10H2,1-2H3. The normalized spacial score (nSPS) is 18.2. The Balaban J connectivity index is 2.86. The van der Waals surface area contributed by atoms with Gasteiger partial charge < -0.3 is 3.07 Å². The van der Waals surface area contributed by atoms with Gasteiger partial charge in [0.2, 0.25) is 0 Å². The fourth-order valence-electron chi connectivity index (χ4n) is 2.55. The number of rotatable bonds is 5. The van der Waals surface area contributed by atoms with E-state index in [1.54, 1.807) is 23.0 Å². The molecule has 0 heterocycles. The summed E-state index contributed by atoms with van der Waals surface area (Å²) in [5, 5.41) is 0. The van der Waals surface area contributed by atoms with Gasteiger partial charge in [-0.15, -0.1) is 0 Å². The van der Waals surface area contributed by atoms with E-state index < -0.39 is 0 Å². The summed E-state index contributed by atoms with van der Waals surface area (Å²) in [7, 11) is 0. The Morgan fingerprint density at radius 1 is 1.26 bits per heavy atom. The lowest BCUT2D eigenvalue weighted by Gasteiger charge is -2.21. The maximum Gasteiger partial charge on any atom is 0.316 e. The molecule has 3 nitrogen and oxygen atoms in total. The van der Waals surface area contributed by atoms with E-state index >= 15 is 0 Å². The molecule has 0 aromatic heterocycles. The lowest BCUT2D eigenvalue weighted by atomic mass is 9.82. The minimum absolute atomic E-state index is 0.0432. The SMILES string of the molecule is CC(C)C(=O)C(CC(=O)OI)C1=CCCCCCC1. The molecule has 0 radical (unpaired) electrons. The molecular formula is C15H23IO3. The molecule has 1 aliphatic carbocycles. The predicted molar refractivity (Wildman–Crippen MR) is 83.8 cm³/mol. The third-order valence-electron chi connectivity index (χ3n) is 3.64. The Hall–Kier alpha value is -0.390. The average molecular weight is 378 g/mol. The smallest absolute Gasteiger partial charge is 0.316 e. The summed E-state index contributed by atoms with van der Waals surface area (Å²) in [6.45, 7) is 3.79. The van der Waals surface area contributed by atoms with Crippen molar-refractivity contribution in [2.45, 2.75) is 58.8 Å². The maximum atomic E-state index is 12.3. The van der Waals surface area contributed by atoms with Gasteiger partial charge in [-0.1, -0.05) is 38.3 Å². The molecule has 1 aliphatic rings. The first-order chi connectivity index (χ1) is 9.06.